The highest BCUT2D eigenvalue weighted by molar-refractivity contribution is 5.48. The van der Waals surface area contributed by atoms with Crippen LogP contribution in [0, 0.1) is 5.92 Å². The Morgan fingerprint density at radius 1 is 1.03 bits per heavy atom. The lowest BCUT2D eigenvalue weighted by molar-refractivity contribution is -0.0275. The Kier molecular flexibility index (Phi) is 6.96. The van der Waals surface area contributed by atoms with Crippen LogP contribution in [0.3, 0.4) is 0 Å². The number of likely N-dealkylation sites (tertiary alicyclic amines) is 1. The quantitative estimate of drug-likeness (QED) is 0.617. The first-order valence-electron chi connectivity index (χ1n) is 11.5. The molecule has 0 radical (unpaired) electrons. The van der Waals surface area contributed by atoms with Crippen LogP contribution in [-0.2, 0) is 6.54 Å². The summed E-state index contributed by atoms with van der Waals surface area (Å²) in [5.74, 6) is 1.86. The summed E-state index contributed by atoms with van der Waals surface area (Å²) < 4.78 is 5.85. The summed E-state index contributed by atoms with van der Waals surface area (Å²) in [6.07, 6.45) is 6.45. The first-order valence-corrected chi connectivity index (χ1v) is 11.5. The molecule has 0 aromatic heterocycles. The predicted octanol–water partition coefficient (Wildman–Crippen LogP) is 4.72. The van der Waals surface area contributed by atoms with E-state index in [1.807, 2.05) is 0 Å². The number of nitrogens with zero attached hydrogens (tertiary/aromatic N) is 2. The second kappa shape index (κ2) is 9.84. The van der Waals surface area contributed by atoms with Crippen LogP contribution in [0.25, 0.3) is 0 Å². The molecule has 1 saturated carbocycles. The molecule has 1 aliphatic carbocycles. The molecular formula is C26H36N2O2. The Morgan fingerprint density at radius 3 is 2.40 bits per heavy atom. The van der Waals surface area contributed by atoms with E-state index in [9.17, 15) is 5.11 Å². The van der Waals surface area contributed by atoms with Crippen LogP contribution in [0.1, 0.15) is 44.1 Å². The summed E-state index contributed by atoms with van der Waals surface area (Å²) >= 11 is 0. The lowest BCUT2D eigenvalue weighted by Gasteiger charge is -2.39. The lowest BCUT2D eigenvalue weighted by atomic mass is 9.88. The number of rotatable bonds is 10. The average Bonchev–Trinajstić information content (AvgIpc) is 3.60. The van der Waals surface area contributed by atoms with Gasteiger partial charge in [0.15, 0.2) is 0 Å². The molecule has 4 nitrogen and oxygen atoms in total. The van der Waals surface area contributed by atoms with E-state index < -0.39 is 5.60 Å². The summed E-state index contributed by atoms with van der Waals surface area (Å²) in [7, 11) is 2.11. The van der Waals surface area contributed by atoms with Crippen molar-refractivity contribution in [2.45, 2.75) is 50.7 Å². The predicted molar refractivity (Wildman–Crippen MR) is 123 cm³/mol. The molecule has 0 spiro atoms. The topological polar surface area (TPSA) is 35.9 Å². The smallest absolute Gasteiger partial charge is 0.119 e. The number of aliphatic hydroxyl groups is 1. The van der Waals surface area contributed by atoms with Gasteiger partial charge in [-0.1, -0.05) is 43.2 Å². The zero-order valence-electron chi connectivity index (χ0n) is 18.3. The fourth-order valence-corrected chi connectivity index (χ4v) is 4.27. The third kappa shape index (κ3) is 6.23. The zero-order valence-corrected chi connectivity index (χ0v) is 18.3. The van der Waals surface area contributed by atoms with Crippen molar-refractivity contribution < 1.29 is 9.84 Å². The van der Waals surface area contributed by atoms with Crippen molar-refractivity contribution in [2.75, 3.05) is 38.2 Å². The summed E-state index contributed by atoms with van der Waals surface area (Å²) in [4.78, 5) is 4.69. The fourth-order valence-electron chi connectivity index (χ4n) is 4.27. The minimum Gasteiger partial charge on any atom is -0.494 e. The number of benzene rings is 2. The molecule has 162 valence electrons. The van der Waals surface area contributed by atoms with Crippen molar-refractivity contribution in [3.05, 3.63) is 60.2 Å². The average molecular weight is 409 g/mol. The summed E-state index contributed by atoms with van der Waals surface area (Å²) in [5.41, 5.74) is 1.98. The van der Waals surface area contributed by atoms with Gasteiger partial charge in [-0.2, -0.15) is 0 Å². The minimum absolute atomic E-state index is 0.548. The van der Waals surface area contributed by atoms with E-state index in [1.54, 1.807) is 0 Å². The van der Waals surface area contributed by atoms with E-state index in [0.717, 1.165) is 63.7 Å². The van der Waals surface area contributed by atoms with Crippen molar-refractivity contribution in [1.29, 1.82) is 0 Å². The first kappa shape index (κ1) is 21.2. The maximum absolute atomic E-state index is 11.1. The molecule has 0 atom stereocenters. The molecule has 2 aromatic carbocycles. The largest absolute Gasteiger partial charge is 0.494 e. The van der Waals surface area contributed by atoms with E-state index in [4.69, 9.17) is 4.74 Å². The van der Waals surface area contributed by atoms with E-state index in [-0.39, 0.29) is 0 Å². The highest BCUT2D eigenvalue weighted by Crippen LogP contribution is 2.32. The molecular weight excluding hydrogens is 372 g/mol. The van der Waals surface area contributed by atoms with Crippen LogP contribution in [0.15, 0.2) is 54.6 Å². The van der Waals surface area contributed by atoms with Gasteiger partial charge in [-0.15, -0.1) is 0 Å². The number of hydrogen-bond donors (Lipinski definition) is 1. The Hall–Kier alpha value is -2.04. The maximum atomic E-state index is 11.1. The van der Waals surface area contributed by atoms with Gasteiger partial charge in [0.2, 0.25) is 0 Å². The van der Waals surface area contributed by atoms with E-state index in [2.05, 4.69) is 71.4 Å². The third-order valence-electron chi connectivity index (χ3n) is 6.72. The standard InChI is InChI=1S/C26H36N2O2/c1-27(24-9-11-25(12-10-24)30-20-13-22-7-8-22)17-14-26(29)15-18-28(19-16-26)21-23-5-3-2-4-6-23/h2-6,9-12,22,29H,7-8,13-21H2,1H3. The third-order valence-corrected chi connectivity index (χ3v) is 6.72. The van der Waals surface area contributed by atoms with Crippen LogP contribution >= 0.6 is 0 Å². The second-order valence-corrected chi connectivity index (χ2v) is 9.23. The summed E-state index contributed by atoms with van der Waals surface area (Å²) in [6.45, 7) is 4.58. The van der Waals surface area contributed by atoms with Gasteiger partial charge in [0.25, 0.3) is 0 Å². The maximum Gasteiger partial charge on any atom is 0.119 e. The highest BCUT2D eigenvalue weighted by atomic mass is 16.5. The lowest BCUT2D eigenvalue weighted by Crippen LogP contribution is -2.45. The van der Waals surface area contributed by atoms with Crippen molar-refractivity contribution in [1.82, 2.24) is 4.90 Å². The number of ether oxygens (including phenoxy) is 1. The summed E-state index contributed by atoms with van der Waals surface area (Å²) in [5, 5.41) is 11.1. The first-order chi connectivity index (χ1) is 14.6. The number of hydrogen-bond acceptors (Lipinski definition) is 4. The van der Waals surface area contributed by atoms with Crippen LogP contribution in [0.2, 0.25) is 0 Å². The van der Waals surface area contributed by atoms with Crippen molar-refractivity contribution >= 4 is 5.69 Å². The molecule has 2 fully saturated rings. The normalized spacial score (nSPS) is 18.9. The summed E-state index contributed by atoms with van der Waals surface area (Å²) in [6, 6.07) is 19.0. The molecule has 2 aliphatic rings. The Morgan fingerprint density at radius 2 is 1.73 bits per heavy atom. The molecule has 0 bridgehead atoms. The fraction of sp³-hybridized carbons (Fsp3) is 0.538. The van der Waals surface area contributed by atoms with Crippen LogP contribution in [-0.4, -0.2) is 48.9 Å². The number of piperidine rings is 1. The molecule has 30 heavy (non-hydrogen) atoms. The van der Waals surface area contributed by atoms with E-state index >= 15 is 0 Å². The zero-order chi connectivity index (χ0) is 20.8. The highest BCUT2D eigenvalue weighted by Gasteiger charge is 2.32. The molecule has 1 heterocycles. The molecule has 1 N–H and O–H groups in total. The van der Waals surface area contributed by atoms with Gasteiger partial charge in [0.05, 0.1) is 12.2 Å². The second-order valence-electron chi connectivity index (χ2n) is 9.23. The molecule has 1 saturated heterocycles. The van der Waals surface area contributed by atoms with Crippen LogP contribution in [0.4, 0.5) is 5.69 Å². The van der Waals surface area contributed by atoms with E-state index in [0.29, 0.717) is 0 Å². The van der Waals surface area contributed by atoms with Crippen molar-refractivity contribution in [2.24, 2.45) is 5.92 Å². The van der Waals surface area contributed by atoms with Gasteiger partial charge in [0, 0.05) is 38.9 Å². The Balaban J connectivity index is 1.19. The minimum atomic E-state index is -0.548. The van der Waals surface area contributed by atoms with Crippen LogP contribution in [0.5, 0.6) is 5.75 Å². The molecule has 0 amide bonds. The van der Waals surface area contributed by atoms with Crippen molar-refractivity contribution in [3.63, 3.8) is 0 Å². The Labute approximate surface area is 181 Å². The Bertz CT molecular complexity index is 765. The van der Waals surface area contributed by atoms with Gasteiger partial charge >= 0.3 is 0 Å². The van der Waals surface area contributed by atoms with Crippen molar-refractivity contribution in [3.8, 4) is 5.75 Å². The van der Waals surface area contributed by atoms with Gasteiger partial charge in [-0.05, 0) is 61.4 Å². The van der Waals surface area contributed by atoms with E-state index in [1.165, 1.54) is 30.5 Å². The van der Waals surface area contributed by atoms with Gasteiger partial charge in [0.1, 0.15) is 5.75 Å². The SMILES string of the molecule is CN(CCC1(O)CCN(Cc2ccccc2)CC1)c1ccc(OCCC2CC2)cc1. The van der Waals surface area contributed by atoms with Crippen LogP contribution < -0.4 is 9.64 Å². The van der Waals surface area contributed by atoms with Gasteiger partial charge in [-0.3, -0.25) is 4.90 Å². The molecule has 4 heteroatoms. The molecule has 1 aliphatic heterocycles. The molecule has 2 aromatic rings. The monoisotopic (exact) mass is 408 g/mol. The van der Waals surface area contributed by atoms with Gasteiger partial charge in [-0.25, -0.2) is 0 Å². The van der Waals surface area contributed by atoms with Gasteiger partial charge < -0.3 is 14.7 Å². The number of anilines is 1. The molecule has 0 unspecified atom stereocenters. The molecule has 4 rings (SSSR count).